The minimum atomic E-state index is 0.589. The highest BCUT2D eigenvalue weighted by atomic mass is 16.5. The van der Waals surface area contributed by atoms with Crippen LogP contribution in [0.5, 0.6) is 5.88 Å². The van der Waals surface area contributed by atoms with Crippen LogP contribution >= 0.6 is 0 Å². The van der Waals surface area contributed by atoms with Crippen molar-refractivity contribution in [3.05, 3.63) is 36.7 Å². The first-order valence-electron chi connectivity index (χ1n) is 5.25. The van der Waals surface area contributed by atoms with E-state index in [1.165, 1.54) is 0 Å². The molecule has 16 heavy (non-hydrogen) atoms. The first-order chi connectivity index (χ1) is 7.90. The number of aromatic nitrogens is 3. The molecule has 80 valence electrons. The molecule has 0 aliphatic rings. The monoisotopic (exact) mass is 213 g/mol. The van der Waals surface area contributed by atoms with E-state index in [0.717, 1.165) is 16.7 Å². The van der Waals surface area contributed by atoms with Gasteiger partial charge >= 0.3 is 0 Å². The second kappa shape index (κ2) is 3.48. The van der Waals surface area contributed by atoms with Gasteiger partial charge in [-0.25, -0.2) is 9.97 Å². The molecule has 4 nitrogen and oxygen atoms in total. The van der Waals surface area contributed by atoms with Gasteiger partial charge in [0, 0.05) is 12.4 Å². The maximum atomic E-state index is 5.49. The van der Waals surface area contributed by atoms with Crippen LogP contribution in [-0.4, -0.2) is 21.0 Å². The summed E-state index contributed by atoms with van der Waals surface area (Å²) in [5, 5.41) is 0. The van der Waals surface area contributed by atoms with Gasteiger partial charge in [0.25, 0.3) is 5.88 Å². The highest BCUT2D eigenvalue weighted by Gasteiger charge is 2.08. The van der Waals surface area contributed by atoms with Crippen LogP contribution in [0.1, 0.15) is 6.92 Å². The summed E-state index contributed by atoms with van der Waals surface area (Å²) < 4.78 is 7.48. The molecule has 0 aliphatic heterocycles. The fourth-order valence-corrected chi connectivity index (χ4v) is 1.81. The Balaban J connectivity index is 2.43. The zero-order valence-electron chi connectivity index (χ0n) is 8.92. The molecule has 0 bridgehead atoms. The van der Waals surface area contributed by atoms with E-state index in [9.17, 15) is 0 Å². The fourth-order valence-electron chi connectivity index (χ4n) is 1.81. The molecule has 0 radical (unpaired) electrons. The minimum absolute atomic E-state index is 0.589. The molecule has 0 saturated carbocycles. The SMILES string of the molecule is CCOc1nc2ccccc2n2ccnc12. The van der Waals surface area contributed by atoms with Gasteiger partial charge in [-0.05, 0) is 19.1 Å². The molecule has 0 atom stereocenters. The van der Waals surface area contributed by atoms with E-state index < -0.39 is 0 Å². The number of hydrogen-bond acceptors (Lipinski definition) is 3. The maximum absolute atomic E-state index is 5.49. The second-order valence-electron chi connectivity index (χ2n) is 3.46. The van der Waals surface area contributed by atoms with E-state index in [4.69, 9.17) is 4.74 Å². The molecule has 1 aromatic carbocycles. The molecule has 0 unspecified atom stereocenters. The summed E-state index contributed by atoms with van der Waals surface area (Å²) in [5.41, 5.74) is 2.72. The molecule has 3 rings (SSSR count). The van der Waals surface area contributed by atoms with Gasteiger partial charge in [0.2, 0.25) is 5.65 Å². The second-order valence-corrected chi connectivity index (χ2v) is 3.46. The molecule has 3 aromatic rings. The van der Waals surface area contributed by atoms with Crippen LogP contribution in [0.2, 0.25) is 0 Å². The molecule has 0 amide bonds. The van der Waals surface area contributed by atoms with E-state index >= 15 is 0 Å². The lowest BCUT2D eigenvalue weighted by Crippen LogP contribution is -1.99. The number of imidazole rings is 1. The standard InChI is InChI=1S/C12H11N3O/c1-2-16-12-11-13-7-8-15(11)10-6-4-3-5-9(10)14-12/h3-8H,2H2,1H3. The summed E-state index contributed by atoms with van der Waals surface area (Å²) in [6.07, 6.45) is 3.67. The number of nitrogens with zero attached hydrogens (tertiary/aromatic N) is 3. The van der Waals surface area contributed by atoms with Gasteiger partial charge in [-0.15, -0.1) is 0 Å². The highest BCUT2D eigenvalue weighted by molar-refractivity contribution is 5.79. The van der Waals surface area contributed by atoms with Gasteiger partial charge < -0.3 is 4.74 Å². The predicted molar refractivity (Wildman–Crippen MR) is 61.7 cm³/mol. The summed E-state index contributed by atoms with van der Waals surface area (Å²) >= 11 is 0. The Morgan fingerprint density at radius 1 is 1.31 bits per heavy atom. The van der Waals surface area contributed by atoms with Crippen LogP contribution in [0.15, 0.2) is 36.7 Å². The van der Waals surface area contributed by atoms with Crippen LogP contribution < -0.4 is 4.74 Å². The zero-order valence-corrected chi connectivity index (χ0v) is 8.92. The van der Waals surface area contributed by atoms with Crippen molar-refractivity contribution in [3.8, 4) is 5.88 Å². The Bertz CT molecular complexity index is 645. The quantitative estimate of drug-likeness (QED) is 0.655. The van der Waals surface area contributed by atoms with Gasteiger partial charge in [0.15, 0.2) is 0 Å². The zero-order chi connectivity index (χ0) is 11.0. The fraction of sp³-hybridized carbons (Fsp3) is 0.167. The van der Waals surface area contributed by atoms with E-state index in [-0.39, 0.29) is 0 Å². The number of benzene rings is 1. The van der Waals surface area contributed by atoms with Crippen molar-refractivity contribution in [2.75, 3.05) is 6.61 Å². The minimum Gasteiger partial charge on any atom is -0.475 e. The molecule has 2 aromatic heterocycles. The molecule has 0 spiro atoms. The third-order valence-electron chi connectivity index (χ3n) is 2.48. The van der Waals surface area contributed by atoms with Crippen LogP contribution in [-0.2, 0) is 0 Å². The number of para-hydroxylation sites is 2. The number of fused-ring (bicyclic) bond motifs is 3. The largest absolute Gasteiger partial charge is 0.475 e. The topological polar surface area (TPSA) is 39.4 Å². The molecule has 4 heteroatoms. The maximum Gasteiger partial charge on any atom is 0.258 e. The Kier molecular flexibility index (Phi) is 1.99. The van der Waals surface area contributed by atoms with E-state index in [0.29, 0.717) is 12.5 Å². The Hall–Kier alpha value is -2.10. The van der Waals surface area contributed by atoms with Crippen molar-refractivity contribution < 1.29 is 4.74 Å². The van der Waals surface area contributed by atoms with Crippen LogP contribution in [0.4, 0.5) is 0 Å². The van der Waals surface area contributed by atoms with Gasteiger partial charge in [0.1, 0.15) is 0 Å². The molecule has 0 N–H and O–H groups in total. The molecule has 0 saturated heterocycles. The summed E-state index contributed by atoms with van der Waals surface area (Å²) in [7, 11) is 0. The first kappa shape index (κ1) is 9.15. The summed E-state index contributed by atoms with van der Waals surface area (Å²) in [5.74, 6) is 0.589. The van der Waals surface area contributed by atoms with Gasteiger partial charge in [-0.3, -0.25) is 4.40 Å². The number of rotatable bonds is 2. The van der Waals surface area contributed by atoms with E-state index in [1.807, 2.05) is 41.8 Å². The third-order valence-corrected chi connectivity index (χ3v) is 2.48. The van der Waals surface area contributed by atoms with Crippen molar-refractivity contribution in [1.29, 1.82) is 0 Å². The predicted octanol–water partition coefficient (Wildman–Crippen LogP) is 2.28. The molecule has 0 fully saturated rings. The van der Waals surface area contributed by atoms with Crippen molar-refractivity contribution in [3.63, 3.8) is 0 Å². The smallest absolute Gasteiger partial charge is 0.258 e. The van der Waals surface area contributed by atoms with Crippen LogP contribution in [0.3, 0.4) is 0 Å². The van der Waals surface area contributed by atoms with Crippen molar-refractivity contribution >= 4 is 16.7 Å². The van der Waals surface area contributed by atoms with Gasteiger partial charge in [0.05, 0.1) is 17.6 Å². The molecular formula is C12H11N3O. The normalized spacial score (nSPS) is 11.1. The van der Waals surface area contributed by atoms with E-state index in [1.54, 1.807) is 6.20 Å². The number of ether oxygens (including phenoxy) is 1. The van der Waals surface area contributed by atoms with E-state index in [2.05, 4.69) is 9.97 Å². The lowest BCUT2D eigenvalue weighted by Gasteiger charge is -2.06. The van der Waals surface area contributed by atoms with Crippen LogP contribution in [0, 0.1) is 0 Å². The lowest BCUT2D eigenvalue weighted by molar-refractivity contribution is 0.330. The summed E-state index contributed by atoms with van der Waals surface area (Å²) in [4.78, 5) is 8.72. The molecule has 2 heterocycles. The van der Waals surface area contributed by atoms with Crippen molar-refractivity contribution in [1.82, 2.24) is 14.4 Å². The lowest BCUT2D eigenvalue weighted by atomic mass is 10.3. The van der Waals surface area contributed by atoms with Gasteiger partial charge in [-0.2, -0.15) is 0 Å². The highest BCUT2D eigenvalue weighted by Crippen LogP contribution is 2.21. The van der Waals surface area contributed by atoms with Crippen molar-refractivity contribution in [2.45, 2.75) is 6.92 Å². The Morgan fingerprint density at radius 3 is 3.06 bits per heavy atom. The first-order valence-corrected chi connectivity index (χ1v) is 5.25. The summed E-state index contributed by atoms with van der Waals surface area (Å²) in [6.45, 7) is 2.53. The molecule has 0 aliphatic carbocycles. The van der Waals surface area contributed by atoms with Gasteiger partial charge in [-0.1, -0.05) is 12.1 Å². The Morgan fingerprint density at radius 2 is 2.19 bits per heavy atom. The average Bonchev–Trinajstić information content (AvgIpc) is 2.79. The third kappa shape index (κ3) is 1.23. The van der Waals surface area contributed by atoms with Crippen molar-refractivity contribution in [2.24, 2.45) is 0 Å². The average molecular weight is 213 g/mol. The Labute approximate surface area is 92.5 Å². The molecular weight excluding hydrogens is 202 g/mol. The van der Waals surface area contributed by atoms with Crippen LogP contribution in [0.25, 0.3) is 16.7 Å². The number of hydrogen-bond donors (Lipinski definition) is 0. The summed E-state index contributed by atoms with van der Waals surface area (Å²) in [6, 6.07) is 7.95.